The Balaban J connectivity index is 2.30. The van der Waals surface area contributed by atoms with Crippen molar-refractivity contribution in [2.45, 2.75) is 5.51 Å². The number of ether oxygens (including phenoxy) is 1. The van der Waals surface area contributed by atoms with E-state index in [0.717, 1.165) is 12.1 Å². The van der Waals surface area contributed by atoms with Crippen LogP contribution in [0.4, 0.5) is 13.2 Å². The predicted octanol–water partition coefficient (Wildman–Crippen LogP) is 1.89. The van der Waals surface area contributed by atoms with Gasteiger partial charge in [-0.15, -0.1) is 0 Å². The van der Waals surface area contributed by atoms with Crippen molar-refractivity contribution in [3.63, 3.8) is 0 Å². The third-order valence-electron chi connectivity index (χ3n) is 2.36. The summed E-state index contributed by atoms with van der Waals surface area (Å²) in [6, 6.07) is 3.34. The summed E-state index contributed by atoms with van der Waals surface area (Å²) in [6.45, 7) is -0.0496. The first-order valence-corrected chi connectivity index (χ1v) is 6.57. The second-order valence-electron chi connectivity index (χ2n) is 3.81. The largest absolute Gasteiger partial charge is 0.534 e. The standard InChI is InChI=1S/C11H7F3O5S/c12-11(13,14)20(16,17)19-9-2-1-8-3-7(5-15)6-18-10(8)4-9/h1-5H,6H2. The summed E-state index contributed by atoms with van der Waals surface area (Å²) in [5, 5.41) is 0. The maximum absolute atomic E-state index is 12.2. The number of benzene rings is 1. The van der Waals surface area contributed by atoms with E-state index in [9.17, 15) is 26.4 Å². The van der Waals surface area contributed by atoms with Gasteiger partial charge in [-0.3, -0.25) is 4.79 Å². The first kappa shape index (κ1) is 14.4. The second kappa shape index (κ2) is 4.82. The van der Waals surface area contributed by atoms with Crippen LogP contribution < -0.4 is 8.92 Å². The van der Waals surface area contributed by atoms with Gasteiger partial charge in [0.2, 0.25) is 0 Å². The molecule has 0 atom stereocenters. The maximum Gasteiger partial charge on any atom is 0.534 e. The van der Waals surface area contributed by atoms with Crippen molar-refractivity contribution >= 4 is 22.5 Å². The summed E-state index contributed by atoms with van der Waals surface area (Å²) >= 11 is 0. The molecule has 0 aliphatic carbocycles. The third-order valence-corrected chi connectivity index (χ3v) is 3.34. The number of carbonyl (C=O) groups is 1. The van der Waals surface area contributed by atoms with Crippen LogP contribution in [0.2, 0.25) is 0 Å². The summed E-state index contributed by atoms with van der Waals surface area (Å²) < 4.78 is 67.2. The van der Waals surface area contributed by atoms with Gasteiger partial charge in [-0.05, 0) is 18.2 Å². The average molecular weight is 308 g/mol. The topological polar surface area (TPSA) is 69.7 Å². The Hall–Kier alpha value is -2.03. The lowest BCUT2D eigenvalue weighted by atomic mass is 10.1. The SMILES string of the molecule is O=CC1=Cc2ccc(OS(=O)(=O)C(F)(F)F)cc2OC1. The van der Waals surface area contributed by atoms with E-state index in [0.29, 0.717) is 17.4 Å². The molecule has 0 bridgehead atoms. The van der Waals surface area contributed by atoms with Crippen molar-refractivity contribution < 1.29 is 35.3 Å². The van der Waals surface area contributed by atoms with Crippen LogP contribution in [0, 0.1) is 0 Å². The van der Waals surface area contributed by atoms with Crippen LogP contribution in [0.1, 0.15) is 5.56 Å². The number of rotatable bonds is 3. The van der Waals surface area contributed by atoms with E-state index in [1.807, 2.05) is 0 Å². The molecule has 1 aromatic carbocycles. The molecule has 1 aliphatic rings. The third kappa shape index (κ3) is 2.77. The molecule has 0 saturated heterocycles. The molecule has 2 rings (SSSR count). The Labute approximate surface area is 111 Å². The molecule has 0 N–H and O–H groups in total. The summed E-state index contributed by atoms with van der Waals surface area (Å²) in [5.41, 5.74) is -4.71. The number of halogens is 3. The van der Waals surface area contributed by atoms with Crippen LogP contribution in [-0.2, 0) is 14.9 Å². The van der Waals surface area contributed by atoms with Gasteiger partial charge < -0.3 is 8.92 Å². The Morgan fingerprint density at radius 2 is 2.00 bits per heavy atom. The molecule has 9 heteroatoms. The number of alkyl halides is 3. The lowest BCUT2D eigenvalue weighted by Gasteiger charge is -2.16. The van der Waals surface area contributed by atoms with Crippen LogP contribution in [-0.4, -0.2) is 26.8 Å². The van der Waals surface area contributed by atoms with E-state index in [-0.39, 0.29) is 12.4 Å². The minimum absolute atomic E-state index is 0.0496. The van der Waals surface area contributed by atoms with Gasteiger partial charge in [0.15, 0.2) is 0 Å². The van der Waals surface area contributed by atoms with E-state index in [2.05, 4.69) is 4.18 Å². The van der Waals surface area contributed by atoms with Crippen LogP contribution >= 0.6 is 0 Å². The zero-order chi connectivity index (χ0) is 15.0. The number of hydrogen-bond acceptors (Lipinski definition) is 5. The normalized spacial score (nSPS) is 14.8. The summed E-state index contributed by atoms with van der Waals surface area (Å²) in [5.74, 6) is -0.394. The Kier molecular flexibility index (Phi) is 3.46. The fourth-order valence-corrected chi connectivity index (χ4v) is 1.91. The van der Waals surface area contributed by atoms with Crippen LogP contribution in [0.15, 0.2) is 23.8 Å². The van der Waals surface area contributed by atoms with Gasteiger partial charge in [0.05, 0.1) is 0 Å². The minimum Gasteiger partial charge on any atom is -0.488 e. The first-order valence-electron chi connectivity index (χ1n) is 5.16. The smallest absolute Gasteiger partial charge is 0.488 e. The molecule has 0 saturated carbocycles. The van der Waals surface area contributed by atoms with Crippen molar-refractivity contribution in [3.8, 4) is 11.5 Å². The van der Waals surface area contributed by atoms with Crippen LogP contribution in [0.3, 0.4) is 0 Å². The number of fused-ring (bicyclic) bond motifs is 1. The Morgan fingerprint density at radius 3 is 2.60 bits per heavy atom. The van der Waals surface area contributed by atoms with Gasteiger partial charge in [-0.25, -0.2) is 0 Å². The molecular formula is C11H7F3O5S. The highest BCUT2D eigenvalue weighted by Gasteiger charge is 2.48. The highest BCUT2D eigenvalue weighted by Crippen LogP contribution is 2.33. The lowest BCUT2D eigenvalue weighted by molar-refractivity contribution is -0.105. The molecule has 0 radical (unpaired) electrons. The molecule has 1 heterocycles. The van der Waals surface area contributed by atoms with Gasteiger partial charge >= 0.3 is 15.6 Å². The molecule has 1 aliphatic heterocycles. The Morgan fingerprint density at radius 1 is 1.30 bits per heavy atom. The Bertz CT molecular complexity index is 676. The zero-order valence-electron chi connectivity index (χ0n) is 9.68. The summed E-state index contributed by atoms with van der Waals surface area (Å²) in [6.07, 6.45) is 2.06. The van der Waals surface area contributed by atoms with Gasteiger partial charge in [-0.1, -0.05) is 0 Å². The van der Waals surface area contributed by atoms with E-state index < -0.39 is 21.4 Å². The molecule has 108 valence electrons. The van der Waals surface area contributed by atoms with Crippen molar-refractivity contribution in [2.24, 2.45) is 0 Å². The second-order valence-corrected chi connectivity index (χ2v) is 5.35. The highest BCUT2D eigenvalue weighted by atomic mass is 32.2. The van der Waals surface area contributed by atoms with Crippen molar-refractivity contribution in [1.29, 1.82) is 0 Å². The van der Waals surface area contributed by atoms with Gasteiger partial charge in [0, 0.05) is 17.2 Å². The quantitative estimate of drug-likeness (QED) is 0.484. The molecule has 0 spiro atoms. The molecule has 0 fully saturated rings. The molecule has 5 nitrogen and oxygen atoms in total. The lowest BCUT2D eigenvalue weighted by Crippen LogP contribution is -2.28. The van der Waals surface area contributed by atoms with E-state index >= 15 is 0 Å². The van der Waals surface area contributed by atoms with E-state index in [1.54, 1.807) is 0 Å². The maximum atomic E-state index is 12.2. The summed E-state index contributed by atoms with van der Waals surface area (Å²) in [7, 11) is -5.72. The fraction of sp³-hybridized carbons (Fsp3) is 0.182. The van der Waals surface area contributed by atoms with Crippen LogP contribution in [0.5, 0.6) is 11.5 Å². The van der Waals surface area contributed by atoms with Gasteiger partial charge in [0.1, 0.15) is 24.4 Å². The monoisotopic (exact) mass is 308 g/mol. The number of hydrogen-bond donors (Lipinski definition) is 0. The molecular weight excluding hydrogens is 301 g/mol. The zero-order valence-corrected chi connectivity index (χ0v) is 10.5. The minimum atomic E-state index is -5.72. The van der Waals surface area contributed by atoms with Crippen molar-refractivity contribution in [1.82, 2.24) is 0 Å². The first-order chi connectivity index (χ1) is 9.23. The van der Waals surface area contributed by atoms with Gasteiger partial charge in [0.25, 0.3) is 0 Å². The predicted molar refractivity (Wildman–Crippen MR) is 61.6 cm³/mol. The van der Waals surface area contributed by atoms with Crippen LogP contribution in [0.25, 0.3) is 6.08 Å². The molecule has 0 amide bonds. The molecule has 20 heavy (non-hydrogen) atoms. The van der Waals surface area contributed by atoms with E-state index in [4.69, 9.17) is 4.74 Å². The number of carbonyl (C=O) groups excluding carboxylic acids is 1. The highest BCUT2D eigenvalue weighted by molar-refractivity contribution is 7.88. The summed E-state index contributed by atoms with van der Waals surface area (Å²) in [4.78, 5) is 10.6. The van der Waals surface area contributed by atoms with E-state index in [1.165, 1.54) is 12.1 Å². The molecule has 0 unspecified atom stereocenters. The number of aldehydes is 1. The van der Waals surface area contributed by atoms with Crippen molar-refractivity contribution in [2.75, 3.05) is 6.61 Å². The average Bonchev–Trinajstić information content (AvgIpc) is 2.36. The fourth-order valence-electron chi connectivity index (χ4n) is 1.46. The van der Waals surface area contributed by atoms with Gasteiger partial charge in [-0.2, -0.15) is 21.6 Å². The molecule has 0 aromatic heterocycles. The van der Waals surface area contributed by atoms with Crippen molar-refractivity contribution in [3.05, 3.63) is 29.3 Å². The molecule has 1 aromatic rings.